The molecule has 30 heavy (non-hydrogen) atoms. The molecule has 2 aromatic carbocycles. The Morgan fingerprint density at radius 2 is 1.83 bits per heavy atom. The second-order valence-corrected chi connectivity index (χ2v) is 7.27. The van der Waals surface area contributed by atoms with Crippen molar-refractivity contribution in [3.8, 4) is 28.3 Å². The molecule has 1 unspecified atom stereocenters. The molecule has 1 N–H and O–H groups in total. The summed E-state index contributed by atoms with van der Waals surface area (Å²) in [5.41, 5.74) is 3.02. The summed E-state index contributed by atoms with van der Waals surface area (Å²) in [6.07, 6.45) is 3.10. The second-order valence-electron chi connectivity index (χ2n) is 7.27. The molecule has 4 rings (SSSR count). The van der Waals surface area contributed by atoms with Crippen molar-refractivity contribution in [3.63, 3.8) is 0 Å². The lowest BCUT2D eigenvalue weighted by molar-refractivity contribution is 0.00464. The molecule has 0 amide bonds. The van der Waals surface area contributed by atoms with Crippen molar-refractivity contribution in [3.05, 3.63) is 60.9 Å². The van der Waals surface area contributed by atoms with Crippen LogP contribution < -0.4 is 9.47 Å². The lowest BCUT2D eigenvalue weighted by atomic mass is 10.0. The van der Waals surface area contributed by atoms with Gasteiger partial charge in [-0.15, -0.1) is 0 Å². The molecule has 7 heteroatoms. The minimum absolute atomic E-state index is 0.224. The first-order chi connectivity index (χ1) is 14.7. The van der Waals surface area contributed by atoms with E-state index in [1.165, 1.54) is 0 Å². The maximum absolute atomic E-state index is 10.3. The summed E-state index contributed by atoms with van der Waals surface area (Å²) in [5.74, 6) is 1.38. The van der Waals surface area contributed by atoms with Gasteiger partial charge in [0.25, 0.3) is 0 Å². The topological polar surface area (TPSA) is 69.0 Å². The Bertz CT molecular complexity index is 922. The number of ether oxygens (including phenoxy) is 3. The maximum Gasteiger partial charge on any atom is 0.123 e. The third-order valence-corrected chi connectivity index (χ3v) is 5.10. The normalized spacial score (nSPS) is 15.7. The molecular formula is C23H27N3O4. The van der Waals surface area contributed by atoms with Gasteiger partial charge in [-0.1, -0.05) is 12.1 Å². The van der Waals surface area contributed by atoms with E-state index in [-0.39, 0.29) is 6.61 Å². The van der Waals surface area contributed by atoms with Crippen molar-refractivity contribution < 1.29 is 19.3 Å². The van der Waals surface area contributed by atoms with Gasteiger partial charge in [0.2, 0.25) is 0 Å². The minimum atomic E-state index is -0.564. The van der Waals surface area contributed by atoms with E-state index in [0.29, 0.717) is 31.3 Å². The van der Waals surface area contributed by atoms with E-state index >= 15 is 0 Å². The van der Waals surface area contributed by atoms with E-state index in [4.69, 9.17) is 14.2 Å². The first kappa shape index (κ1) is 20.4. The Morgan fingerprint density at radius 1 is 1.07 bits per heavy atom. The number of rotatable bonds is 8. The Kier molecular flexibility index (Phi) is 6.63. The molecule has 1 aliphatic rings. The molecule has 3 aromatic rings. The molecule has 1 aromatic heterocycles. The van der Waals surface area contributed by atoms with Crippen LogP contribution in [0.4, 0.5) is 0 Å². The minimum Gasteiger partial charge on any atom is -0.497 e. The molecule has 0 radical (unpaired) electrons. The number of aromatic nitrogens is 2. The van der Waals surface area contributed by atoms with Crippen molar-refractivity contribution >= 4 is 0 Å². The molecular weight excluding hydrogens is 382 g/mol. The van der Waals surface area contributed by atoms with E-state index in [0.717, 1.165) is 29.9 Å². The fourth-order valence-corrected chi connectivity index (χ4v) is 3.49. The second kappa shape index (κ2) is 9.75. The average molecular weight is 409 g/mol. The largest absolute Gasteiger partial charge is 0.497 e. The highest BCUT2D eigenvalue weighted by atomic mass is 16.5. The number of β-amino-alcohol motifs (C(OH)–C–C–N with tert-alkyl or cyclic N) is 1. The summed E-state index contributed by atoms with van der Waals surface area (Å²) >= 11 is 0. The molecule has 1 atom stereocenters. The molecule has 0 saturated carbocycles. The number of hydrogen-bond donors (Lipinski definition) is 1. The maximum atomic E-state index is 10.3. The zero-order chi connectivity index (χ0) is 20.8. The van der Waals surface area contributed by atoms with Crippen molar-refractivity contribution in [2.24, 2.45) is 0 Å². The van der Waals surface area contributed by atoms with Crippen molar-refractivity contribution in [2.75, 3.05) is 46.6 Å². The van der Waals surface area contributed by atoms with E-state index in [1.807, 2.05) is 59.4 Å². The predicted octanol–water partition coefficient (Wildman–Crippen LogP) is 2.62. The highest BCUT2D eigenvalue weighted by Crippen LogP contribution is 2.30. The van der Waals surface area contributed by atoms with Crippen LogP contribution in [0.3, 0.4) is 0 Å². The van der Waals surface area contributed by atoms with Crippen LogP contribution in [0.1, 0.15) is 0 Å². The van der Waals surface area contributed by atoms with Crippen molar-refractivity contribution in [2.45, 2.75) is 6.10 Å². The van der Waals surface area contributed by atoms with Crippen LogP contribution in [0.2, 0.25) is 0 Å². The van der Waals surface area contributed by atoms with Gasteiger partial charge in [0.15, 0.2) is 0 Å². The molecule has 158 valence electrons. The van der Waals surface area contributed by atoms with Crippen LogP contribution in [0.25, 0.3) is 16.8 Å². The van der Waals surface area contributed by atoms with Crippen LogP contribution in [-0.4, -0.2) is 72.5 Å². The van der Waals surface area contributed by atoms with Gasteiger partial charge in [0.05, 0.1) is 26.0 Å². The van der Waals surface area contributed by atoms with Gasteiger partial charge in [0, 0.05) is 38.1 Å². The summed E-state index contributed by atoms with van der Waals surface area (Å²) in [5, 5.41) is 14.6. The highest BCUT2D eigenvalue weighted by molar-refractivity contribution is 5.68. The van der Waals surface area contributed by atoms with Crippen LogP contribution in [0, 0.1) is 0 Å². The van der Waals surface area contributed by atoms with Gasteiger partial charge in [-0.3, -0.25) is 4.90 Å². The third-order valence-electron chi connectivity index (χ3n) is 5.10. The first-order valence-electron chi connectivity index (χ1n) is 10.1. The standard InChI is InChI=1S/C23H27N3O4/c1-28-22-13-19(18-3-5-20(6-4-18)26-8-2-7-24-26)14-23(15-22)30-17-21(27)16-25-9-11-29-12-10-25/h2-8,13-15,21,27H,9-12,16-17H2,1H3. The summed E-state index contributed by atoms with van der Waals surface area (Å²) in [7, 11) is 1.64. The summed E-state index contributed by atoms with van der Waals surface area (Å²) < 4.78 is 18.5. The number of aliphatic hydroxyl groups excluding tert-OH is 1. The van der Waals surface area contributed by atoms with E-state index in [2.05, 4.69) is 10.00 Å². The zero-order valence-electron chi connectivity index (χ0n) is 17.1. The Morgan fingerprint density at radius 3 is 2.53 bits per heavy atom. The number of morpholine rings is 1. The molecule has 1 aliphatic heterocycles. The molecule has 1 fully saturated rings. The van der Waals surface area contributed by atoms with Crippen molar-refractivity contribution in [1.82, 2.24) is 14.7 Å². The Balaban J connectivity index is 1.43. The molecule has 7 nitrogen and oxygen atoms in total. The monoisotopic (exact) mass is 409 g/mol. The van der Waals surface area contributed by atoms with Gasteiger partial charge in [0.1, 0.15) is 24.2 Å². The number of hydrogen-bond acceptors (Lipinski definition) is 6. The highest BCUT2D eigenvalue weighted by Gasteiger charge is 2.16. The van der Waals surface area contributed by atoms with Crippen molar-refractivity contribution in [1.29, 1.82) is 0 Å². The lowest BCUT2D eigenvalue weighted by Gasteiger charge is -2.28. The number of benzene rings is 2. The first-order valence-corrected chi connectivity index (χ1v) is 10.1. The number of methoxy groups -OCH3 is 1. The van der Waals surface area contributed by atoms with Gasteiger partial charge in [-0.05, 0) is 41.5 Å². The Hall–Kier alpha value is -2.87. The van der Waals surface area contributed by atoms with Gasteiger partial charge >= 0.3 is 0 Å². The zero-order valence-corrected chi connectivity index (χ0v) is 17.1. The predicted molar refractivity (Wildman–Crippen MR) is 114 cm³/mol. The van der Waals surface area contributed by atoms with Crippen LogP contribution in [0.15, 0.2) is 60.9 Å². The van der Waals surface area contributed by atoms with E-state index in [9.17, 15) is 5.11 Å². The van der Waals surface area contributed by atoms with Crippen LogP contribution in [-0.2, 0) is 4.74 Å². The van der Waals surface area contributed by atoms with Gasteiger partial charge in [-0.2, -0.15) is 5.10 Å². The number of nitrogens with zero attached hydrogens (tertiary/aromatic N) is 3. The molecule has 1 saturated heterocycles. The van der Waals surface area contributed by atoms with Gasteiger partial charge in [-0.25, -0.2) is 4.68 Å². The quantitative estimate of drug-likeness (QED) is 0.617. The summed E-state index contributed by atoms with van der Waals surface area (Å²) in [6.45, 7) is 3.92. The van der Waals surface area contributed by atoms with E-state index < -0.39 is 6.10 Å². The fourth-order valence-electron chi connectivity index (χ4n) is 3.49. The molecule has 0 spiro atoms. The average Bonchev–Trinajstić information content (AvgIpc) is 3.33. The number of aliphatic hydroxyl groups is 1. The molecule has 0 bridgehead atoms. The SMILES string of the molecule is COc1cc(OCC(O)CN2CCOCC2)cc(-c2ccc(-n3cccn3)cc2)c1. The molecule has 2 heterocycles. The van der Waals surface area contributed by atoms with E-state index in [1.54, 1.807) is 13.3 Å². The van der Waals surface area contributed by atoms with Gasteiger partial charge < -0.3 is 19.3 Å². The van der Waals surface area contributed by atoms with Crippen LogP contribution >= 0.6 is 0 Å². The third kappa shape index (κ3) is 5.18. The molecule has 0 aliphatic carbocycles. The summed E-state index contributed by atoms with van der Waals surface area (Å²) in [6, 6.07) is 15.8. The van der Waals surface area contributed by atoms with Crippen LogP contribution in [0.5, 0.6) is 11.5 Å². The fraction of sp³-hybridized carbons (Fsp3) is 0.348. The summed E-state index contributed by atoms with van der Waals surface area (Å²) in [4.78, 5) is 2.19. The Labute approximate surface area is 176 Å². The lowest BCUT2D eigenvalue weighted by Crippen LogP contribution is -2.42. The smallest absolute Gasteiger partial charge is 0.123 e.